The van der Waals surface area contributed by atoms with E-state index < -0.39 is 23.8 Å². The van der Waals surface area contributed by atoms with Crippen molar-refractivity contribution in [2.75, 3.05) is 24.5 Å². The number of halogens is 3. The number of anilines is 1. The first-order valence-electron chi connectivity index (χ1n) is 13.0. The smallest absolute Gasteiger partial charge is 0.416 e. The van der Waals surface area contributed by atoms with Gasteiger partial charge in [0.2, 0.25) is 5.91 Å². The number of carbonyl (C=O) groups is 2. The van der Waals surface area contributed by atoms with Gasteiger partial charge in [0, 0.05) is 38.4 Å². The maximum Gasteiger partial charge on any atom is 0.416 e. The van der Waals surface area contributed by atoms with Crippen molar-refractivity contribution in [2.24, 2.45) is 0 Å². The van der Waals surface area contributed by atoms with Crippen molar-refractivity contribution in [3.8, 4) is 11.1 Å². The van der Waals surface area contributed by atoms with Crippen LogP contribution in [0.4, 0.5) is 18.9 Å². The standard InChI is InChI=1S/C30H30F3N3O3/c31-30(32,33)25-11-10-23-5-2-13-35(26(23)16-25)19-21-3-1-4-24(15-21)22-8-6-20(7-9-22)18-36-14-12-34-29(39)27(36)17-28(37)38/h1,3-4,6-11,15-16,27H,2,5,12-14,17-19H2,(H,34,39)(H,37,38). The minimum atomic E-state index is -4.37. The number of piperazine rings is 1. The second-order valence-electron chi connectivity index (χ2n) is 10.1. The predicted molar refractivity (Wildman–Crippen MR) is 142 cm³/mol. The largest absolute Gasteiger partial charge is 0.481 e. The molecule has 5 rings (SSSR count). The number of nitrogens with one attached hydrogen (secondary N) is 1. The molecule has 3 aromatic rings. The molecule has 0 radical (unpaired) electrons. The molecule has 1 unspecified atom stereocenters. The van der Waals surface area contributed by atoms with Crippen LogP contribution in [0.1, 0.15) is 35.1 Å². The molecule has 6 nitrogen and oxygen atoms in total. The Morgan fingerprint density at radius 1 is 0.949 bits per heavy atom. The van der Waals surface area contributed by atoms with Crippen molar-refractivity contribution in [2.45, 2.75) is 44.6 Å². The van der Waals surface area contributed by atoms with E-state index in [0.29, 0.717) is 38.4 Å². The molecule has 2 aliphatic heterocycles. The zero-order valence-corrected chi connectivity index (χ0v) is 21.4. The molecule has 1 saturated heterocycles. The number of carboxylic acids is 1. The summed E-state index contributed by atoms with van der Waals surface area (Å²) in [5.74, 6) is -1.27. The van der Waals surface area contributed by atoms with Gasteiger partial charge in [-0.3, -0.25) is 14.5 Å². The molecule has 2 N–H and O–H groups in total. The Kier molecular flexibility index (Phi) is 7.61. The summed E-state index contributed by atoms with van der Waals surface area (Å²) in [6.45, 7) is 2.75. The van der Waals surface area contributed by atoms with Gasteiger partial charge in [-0.1, -0.05) is 48.5 Å². The molecule has 0 aliphatic carbocycles. The maximum atomic E-state index is 13.3. The molecule has 2 aliphatic rings. The molecule has 1 atom stereocenters. The van der Waals surface area contributed by atoms with Gasteiger partial charge in [0.05, 0.1) is 12.0 Å². The minimum absolute atomic E-state index is 0.240. The fourth-order valence-electron chi connectivity index (χ4n) is 5.44. The second-order valence-corrected chi connectivity index (χ2v) is 10.1. The molecule has 3 aromatic carbocycles. The summed E-state index contributed by atoms with van der Waals surface area (Å²) in [7, 11) is 0. The highest BCUT2D eigenvalue weighted by Gasteiger charge is 2.33. The highest BCUT2D eigenvalue weighted by Crippen LogP contribution is 2.36. The van der Waals surface area contributed by atoms with Crippen molar-refractivity contribution in [1.29, 1.82) is 0 Å². The minimum Gasteiger partial charge on any atom is -0.481 e. The van der Waals surface area contributed by atoms with E-state index >= 15 is 0 Å². The van der Waals surface area contributed by atoms with Crippen LogP contribution >= 0.6 is 0 Å². The highest BCUT2D eigenvalue weighted by molar-refractivity contribution is 5.86. The molecule has 39 heavy (non-hydrogen) atoms. The first kappa shape index (κ1) is 26.7. The van der Waals surface area contributed by atoms with E-state index in [9.17, 15) is 27.9 Å². The fourth-order valence-corrected chi connectivity index (χ4v) is 5.44. The number of hydrogen-bond acceptors (Lipinski definition) is 4. The Morgan fingerprint density at radius 2 is 1.74 bits per heavy atom. The summed E-state index contributed by atoms with van der Waals surface area (Å²) < 4.78 is 40.0. The summed E-state index contributed by atoms with van der Waals surface area (Å²) in [5.41, 5.74) is 4.96. The number of aliphatic carboxylic acids is 1. The number of fused-ring (bicyclic) bond motifs is 1. The van der Waals surface area contributed by atoms with Gasteiger partial charge in [0.25, 0.3) is 0 Å². The first-order chi connectivity index (χ1) is 18.7. The average Bonchev–Trinajstić information content (AvgIpc) is 2.90. The van der Waals surface area contributed by atoms with Gasteiger partial charge in [-0.25, -0.2) is 0 Å². The fraction of sp³-hybridized carbons (Fsp3) is 0.333. The maximum absolute atomic E-state index is 13.3. The van der Waals surface area contributed by atoms with Gasteiger partial charge in [0.1, 0.15) is 6.04 Å². The molecule has 2 heterocycles. The number of amides is 1. The Balaban J connectivity index is 1.30. The Bertz CT molecular complexity index is 1360. The Morgan fingerprint density at radius 3 is 2.49 bits per heavy atom. The third-order valence-electron chi connectivity index (χ3n) is 7.41. The molecule has 0 saturated carbocycles. The van der Waals surface area contributed by atoms with Gasteiger partial charge < -0.3 is 15.3 Å². The Labute approximate surface area is 225 Å². The van der Waals surface area contributed by atoms with E-state index in [2.05, 4.69) is 11.4 Å². The van der Waals surface area contributed by atoms with Gasteiger partial charge in [-0.2, -0.15) is 13.2 Å². The van der Waals surface area contributed by atoms with E-state index in [1.165, 1.54) is 12.1 Å². The quantitative estimate of drug-likeness (QED) is 0.439. The van der Waals surface area contributed by atoms with Crippen LogP contribution in [-0.4, -0.2) is 47.6 Å². The van der Waals surface area contributed by atoms with Crippen molar-refractivity contribution in [1.82, 2.24) is 10.2 Å². The average molecular weight is 538 g/mol. The van der Waals surface area contributed by atoms with Crippen molar-refractivity contribution >= 4 is 17.6 Å². The van der Waals surface area contributed by atoms with Gasteiger partial charge in [-0.05, 0) is 58.9 Å². The van der Waals surface area contributed by atoms with Gasteiger partial charge in [0.15, 0.2) is 0 Å². The molecule has 1 fully saturated rings. The third-order valence-corrected chi connectivity index (χ3v) is 7.41. The molecule has 1 amide bonds. The lowest BCUT2D eigenvalue weighted by atomic mass is 9.97. The van der Waals surface area contributed by atoms with Crippen LogP contribution in [-0.2, 0) is 35.3 Å². The second kappa shape index (κ2) is 11.1. The predicted octanol–water partition coefficient (Wildman–Crippen LogP) is 5.10. The highest BCUT2D eigenvalue weighted by atomic mass is 19.4. The molecule has 0 bridgehead atoms. The number of hydrogen-bond donors (Lipinski definition) is 2. The molecule has 0 aromatic heterocycles. The van der Waals surface area contributed by atoms with E-state index in [4.69, 9.17) is 0 Å². The molecular formula is C30H30F3N3O3. The van der Waals surface area contributed by atoms with E-state index in [-0.39, 0.29) is 12.3 Å². The summed E-state index contributed by atoms with van der Waals surface area (Å²) in [5, 5.41) is 11.9. The van der Waals surface area contributed by atoms with Crippen molar-refractivity contribution < 1.29 is 27.9 Å². The van der Waals surface area contributed by atoms with Gasteiger partial charge in [-0.15, -0.1) is 0 Å². The zero-order chi connectivity index (χ0) is 27.6. The number of rotatable bonds is 7. The topological polar surface area (TPSA) is 72.9 Å². The van der Waals surface area contributed by atoms with Crippen LogP contribution in [0.25, 0.3) is 11.1 Å². The zero-order valence-electron chi connectivity index (χ0n) is 21.4. The number of aryl methyl sites for hydroxylation is 1. The summed E-state index contributed by atoms with van der Waals surface area (Å²) >= 11 is 0. The van der Waals surface area contributed by atoms with E-state index in [1.54, 1.807) is 6.07 Å². The molecule has 0 spiro atoms. The summed E-state index contributed by atoms with van der Waals surface area (Å²) in [4.78, 5) is 27.3. The summed E-state index contributed by atoms with van der Waals surface area (Å²) in [6, 6.07) is 19.3. The van der Waals surface area contributed by atoms with Crippen LogP contribution in [0.2, 0.25) is 0 Å². The first-order valence-corrected chi connectivity index (χ1v) is 13.0. The lowest BCUT2D eigenvalue weighted by Gasteiger charge is -2.34. The Hall–Kier alpha value is -3.85. The molecule has 204 valence electrons. The van der Waals surface area contributed by atoms with Crippen LogP contribution in [0.5, 0.6) is 0 Å². The number of nitrogens with zero attached hydrogens (tertiary/aromatic N) is 2. The summed E-state index contributed by atoms with van der Waals surface area (Å²) in [6.07, 6.45) is -2.95. The molecular weight excluding hydrogens is 507 g/mol. The number of carbonyl (C=O) groups excluding carboxylic acids is 1. The molecule has 9 heteroatoms. The van der Waals surface area contributed by atoms with Gasteiger partial charge >= 0.3 is 12.1 Å². The number of benzene rings is 3. The third kappa shape index (κ3) is 6.25. The normalized spacial score (nSPS) is 18.0. The van der Waals surface area contributed by atoms with Crippen LogP contribution in [0.3, 0.4) is 0 Å². The SMILES string of the molecule is O=C(O)CC1C(=O)NCCN1Cc1ccc(-c2cccc(CN3CCCc4ccc(C(F)(F)F)cc43)c2)cc1. The van der Waals surface area contributed by atoms with Crippen molar-refractivity contribution in [3.63, 3.8) is 0 Å². The monoisotopic (exact) mass is 537 g/mol. The van der Waals surface area contributed by atoms with Crippen LogP contribution in [0.15, 0.2) is 66.7 Å². The van der Waals surface area contributed by atoms with E-state index in [1.807, 2.05) is 52.3 Å². The van der Waals surface area contributed by atoms with Crippen molar-refractivity contribution in [3.05, 3.63) is 89.0 Å². The van der Waals surface area contributed by atoms with Crippen LogP contribution < -0.4 is 10.2 Å². The van der Waals surface area contributed by atoms with E-state index in [0.717, 1.165) is 40.7 Å². The lowest BCUT2D eigenvalue weighted by Crippen LogP contribution is -2.55. The van der Waals surface area contributed by atoms with Crippen LogP contribution in [0, 0.1) is 0 Å². The lowest BCUT2D eigenvalue weighted by molar-refractivity contribution is -0.143. The number of carboxylic acid groups (broad SMARTS) is 1. The number of alkyl halides is 3.